The second-order valence-electron chi connectivity index (χ2n) is 13.1. The lowest BCUT2D eigenvalue weighted by Gasteiger charge is -2.42. The number of hydrogen-bond acceptors (Lipinski definition) is 4. The number of carbonyl (C=O) groups is 4. The average molecular weight is 621 g/mol. The summed E-state index contributed by atoms with van der Waals surface area (Å²) in [4.78, 5) is 61.8. The van der Waals surface area contributed by atoms with Gasteiger partial charge in [-0.25, -0.2) is 0 Å². The van der Waals surface area contributed by atoms with Crippen LogP contribution in [0.5, 0.6) is 0 Å². The minimum Gasteiger partial charge on any atom is -0.293 e. The van der Waals surface area contributed by atoms with Crippen molar-refractivity contribution < 1.29 is 19.2 Å². The van der Waals surface area contributed by atoms with Crippen molar-refractivity contribution in [3.8, 4) is 0 Å². The van der Waals surface area contributed by atoms with Gasteiger partial charge in [-0.05, 0) is 21.2 Å². The summed E-state index contributed by atoms with van der Waals surface area (Å²) in [6.45, 7) is 3.41. The number of benzene rings is 4. The number of Topliss-reactive ketones (excluding diaryl/α,β-unsaturated/α-hetero) is 2. The minimum atomic E-state index is -3.66. The molecule has 0 aromatic heterocycles. The third kappa shape index (κ3) is 4.86. The van der Waals surface area contributed by atoms with Crippen molar-refractivity contribution in [1.82, 2.24) is 0 Å². The number of carbonyl (C=O) groups excluding carboxylic acids is 4. The summed E-state index contributed by atoms with van der Waals surface area (Å²) in [5.74, 6) is -0.731. The SMILES string of the molecule is CC(C)(C)C(=O)C1=P(c2ccccc2)(c2ccccc2)C(=O)C(C(=O)C(C)(C)C)=P(c2ccccc2)(c2ccccc2)C1=O. The lowest BCUT2D eigenvalue weighted by Crippen LogP contribution is -2.52. The predicted molar refractivity (Wildman–Crippen MR) is 187 cm³/mol. The van der Waals surface area contributed by atoms with E-state index in [1.807, 2.05) is 121 Å². The quantitative estimate of drug-likeness (QED) is 0.250. The highest BCUT2D eigenvalue weighted by molar-refractivity contribution is 8.19. The molecule has 4 nitrogen and oxygen atoms in total. The van der Waals surface area contributed by atoms with E-state index in [1.54, 1.807) is 41.5 Å². The molecule has 0 spiro atoms. The van der Waals surface area contributed by atoms with Crippen LogP contribution in [0.1, 0.15) is 41.5 Å². The molecule has 0 unspecified atom stereocenters. The maximum absolute atomic E-state index is 16.0. The highest BCUT2D eigenvalue weighted by Crippen LogP contribution is 2.62. The molecule has 6 heteroatoms. The van der Waals surface area contributed by atoms with Crippen LogP contribution in [0.15, 0.2) is 121 Å². The Kier molecular flexibility index (Phi) is 8.31. The Morgan fingerprint density at radius 2 is 0.614 bits per heavy atom. The fourth-order valence-corrected chi connectivity index (χ4v) is 15.9. The largest absolute Gasteiger partial charge is 0.293 e. The fourth-order valence-electron chi connectivity index (χ4n) is 5.91. The molecule has 224 valence electrons. The Morgan fingerprint density at radius 1 is 0.409 bits per heavy atom. The predicted octanol–water partition coefficient (Wildman–Crippen LogP) is 5.97. The molecule has 0 saturated heterocycles. The molecule has 0 bridgehead atoms. The molecule has 0 amide bonds. The number of rotatable bonds is 6. The van der Waals surface area contributed by atoms with Gasteiger partial charge in [-0.3, -0.25) is 19.2 Å². The normalized spacial score (nSPS) is 16.5. The number of ketones is 2. The first kappa shape index (κ1) is 31.6. The first-order valence-electron chi connectivity index (χ1n) is 14.7. The molecule has 0 atom stereocenters. The van der Waals surface area contributed by atoms with Crippen LogP contribution >= 0.6 is 13.8 Å². The fraction of sp³-hybridized carbons (Fsp3) is 0.211. The molecule has 0 fully saturated rings. The minimum absolute atomic E-state index is 0.0268. The summed E-state index contributed by atoms with van der Waals surface area (Å²) >= 11 is 0. The molecule has 0 radical (unpaired) electrons. The Bertz CT molecular complexity index is 1650. The van der Waals surface area contributed by atoms with E-state index in [4.69, 9.17) is 0 Å². The maximum atomic E-state index is 16.0. The smallest absolute Gasteiger partial charge is 0.197 e. The van der Waals surface area contributed by atoms with Crippen LogP contribution in [0.3, 0.4) is 0 Å². The van der Waals surface area contributed by atoms with Gasteiger partial charge in [-0.1, -0.05) is 163 Å². The first-order chi connectivity index (χ1) is 20.8. The van der Waals surface area contributed by atoms with E-state index in [9.17, 15) is 9.59 Å². The molecular weight excluding hydrogens is 582 g/mol. The lowest BCUT2D eigenvalue weighted by atomic mass is 9.89. The molecule has 0 N–H and O–H groups in total. The summed E-state index contributed by atoms with van der Waals surface area (Å²) in [6.07, 6.45) is 0. The maximum Gasteiger partial charge on any atom is 0.197 e. The van der Waals surface area contributed by atoms with E-state index in [0.29, 0.717) is 21.2 Å². The Balaban J connectivity index is 2.18. The molecule has 0 aliphatic carbocycles. The number of hydrogen-bond donors (Lipinski definition) is 0. The van der Waals surface area contributed by atoms with Crippen molar-refractivity contribution in [3.63, 3.8) is 0 Å². The van der Waals surface area contributed by atoms with Crippen LogP contribution in [0.25, 0.3) is 0 Å². The van der Waals surface area contributed by atoms with Gasteiger partial charge < -0.3 is 0 Å². The molecule has 4 aromatic carbocycles. The molecule has 1 heterocycles. The van der Waals surface area contributed by atoms with Crippen LogP contribution in [0.4, 0.5) is 0 Å². The zero-order valence-corrected chi connectivity index (χ0v) is 27.9. The summed E-state index contributed by atoms with van der Waals surface area (Å²) < 4.78 is 0. The topological polar surface area (TPSA) is 68.3 Å². The van der Waals surface area contributed by atoms with Gasteiger partial charge in [0.1, 0.15) is 0 Å². The van der Waals surface area contributed by atoms with Crippen LogP contribution in [0.2, 0.25) is 0 Å². The Hall–Kier alpha value is -3.84. The monoisotopic (exact) mass is 620 g/mol. The van der Waals surface area contributed by atoms with Gasteiger partial charge >= 0.3 is 0 Å². The lowest BCUT2D eigenvalue weighted by molar-refractivity contribution is -0.121. The van der Waals surface area contributed by atoms with E-state index in [1.165, 1.54) is 0 Å². The Labute approximate surface area is 260 Å². The molecule has 44 heavy (non-hydrogen) atoms. The third-order valence-corrected chi connectivity index (χ3v) is 16.5. The molecule has 1 aliphatic rings. The van der Waals surface area contributed by atoms with Crippen molar-refractivity contribution in [2.24, 2.45) is 10.8 Å². The van der Waals surface area contributed by atoms with E-state index in [-0.39, 0.29) is 22.2 Å². The van der Waals surface area contributed by atoms with Crippen LogP contribution in [-0.2, 0) is 19.2 Å². The molecule has 1 aliphatic heterocycles. The van der Waals surface area contributed by atoms with E-state index in [0.717, 1.165) is 0 Å². The standard InChI is InChI=1S/C38H38O4P2/c1-37(2,3)33(39)31-35(41)44(29-23-15-9-16-24-29,30-25-17-10-18-26-30)32(34(40)38(4,5)6)36(42)43(31,27-19-11-7-12-20-27)28-21-13-8-14-22-28/h7-26H,1-6H3. The molecular formula is C38H38O4P2. The summed E-state index contributed by atoms with van der Waals surface area (Å²) in [5.41, 5.74) is -2.75. The van der Waals surface area contributed by atoms with Gasteiger partial charge in [0, 0.05) is 24.6 Å². The zero-order chi connectivity index (χ0) is 31.9. The van der Waals surface area contributed by atoms with Gasteiger partial charge in [0.15, 0.2) is 22.6 Å². The van der Waals surface area contributed by atoms with Gasteiger partial charge in [-0.15, -0.1) is 0 Å². The van der Waals surface area contributed by atoms with Gasteiger partial charge in [0.05, 0.1) is 10.6 Å². The third-order valence-electron chi connectivity index (χ3n) is 8.05. The van der Waals surface area contributed by atoms with Crippen LogP contribution < -0.4 is 21.2 Å². The van der Waals surface area contributed by atoms with Crippen molar-refractivity contribution in [2.45, 2.75) is 41.5 Å². The average Bonchev–Trinajstić information content (AvgIpc) is 3.02. The second kappa shape index (κ2) is 11.6. The molecule has 5 rings (SSSR count). The van der Waals surface area contributed by atoms with Gasteiger partial charge in [-0.2, -0.15) is 0 Å². The van der Waals surface area contributed by atoms with Crippen molar-refractivity contribution in [3.05, 3.63) is 121 Å². The summed E-state index contributed by atoms with van der Waals surface area (Å²) in [7, 11) is 0. The van der Waals surface area contributed by atoms with E-state index >= 15 is 9.59 Å². The highest BCUT2D eigenvalue weighted by atomic mass is 31.2. The highest BCUT2D eigenvalue weighted by Gasteiger charge is 2.56. The summed E-state index contributed by atoms with van der Waals surface area (Å²) in [6, 6.07) is 36.7. The van der Waals surface area contributed by atoms with Crippen molar-refractivity contribution in [2.75, 3.05) is 0 Å². The van der Waals surface area contributed by atoms with E-state index < -0.39 is 35.7 Å². The van der Waals surface area contributed by atoms with Gasteiger partial charge in [0.25, 0.3) is 0 Å². The second-order valence-corrected chi connectivity index (χ2v) is 19.6. The van der Waals surface area contributed by atoms with Crippen LogP contribution in [0, 0.1) is 10.8 Å². The van der Waals surface area contributed by atoms with Crippen molar-refractivity contribution >= 4 is 68.2 Å². The zero-order valence-electron chi connectivity index (χ0n) is 26.1. The summed E-state index contributed by atoms with van der Waals surface area (Å²) in [5, 5.41) is 2.42. The van der Waals surface area contributed by atoms with E-state index in [2.05, 4.69) is 0 Å². The van der Waals surface area contributed by atoms with Crippen molar-refractivity contribution in [1.29, 1.82) is 0 Å². The molecule has 4 aromatic rings. The van der Waals surface area contributed by atoms with Crippen LogP contribution in [-0.4, -0.2) is 33.2 Å². The Morgan fingerprint density at radius 3 is 0.795 bits per heavy atom. The van der Waals surface area contributed by atoms with Gasteiger partial charge in [0.2, 0.25) is 0 Å². The molecule has 0 saturated carbocycles. The first-order valence-corrected chi connectivity index (χ1v) is 18.3.